The topological polar surface area (TPSA) is 66.0 Å². The number of carboxylic acid groups (broad SMARTS) is 1. The number of carbonyl (C=O) groups is 1. The Bertz CT molecular complexity index is 521. The van der Waals surface area contributed by atoms with E-state index in [2.05, 4.69) is 9.97 Å². The fourth-order valence-electron chi connectivity index (χ4n) is 1.38. The van der Waals surface area contributed by atoms with Crippen LogP contribution in [0.25, 0.3) is 11.0 Å². The maximum absolute atomic E-state index is 12.8. The monoisotopic (exact) mass is 208 g/mol. The van der Waals surface area contributed by atoms with Gasteiger partial charge in [0.1, 0.15) is 11.5 Å². The summed E-state index contributed by atoms with van der Waals surface area (Å²) in [7, 11) is 0. The Labute approximate surface area is 84.8 Å². The number of H-pyrrole nitrogens is 1. The molecule has 0 radical (unpaired) electrons. The molecule has 0 saturated heterocycles. The number of fused-ring (bicyclic) bond motifs is 1. The normalized spacial score (nSPS) is 12.9. The first-order chi connectivity index (χ1) is 7.08. The minimum absolute atomic E-state index is 0.434. The third kappa shape index (κ3) is 1.68. The second-order valence-corrected chi connectivity index (χ2v) is 3.38. The van der Waals surface area contributed by atoms with Gasteiger partial charge in [-0.15, -0.1) is 0 Å². The number of hydrogen-bond donors (Lipinski definition) is 2. The van der Waals surface area contributed by atoms with Crippen LogP contribution in [0.15, 0.2) is 18.3 Å². The minimum atomic E-state index is -0.929. The number of nitrogens with one attached hydrogen (secondary N) is 1. The second kappa shape index (κ2) is 3.34. The first kappa shape index (κ1) is 9.64. The van der Waals surface area contributed by atoms with Crippen LogP contribution in [0.1, 0.15) is 18.5 Å². The lowest BCUT2D eigenvalue weighted by molar-refractivity contribution is -0.138. The van der Waals surface area contributed by atoms with Crippen LogP contribution < -0.4 is 0 Å². The summed E-state index contributed by atoms with van der Waals surface area (Å²) in [5, 5.41) is 9.38. The molecule has 0 aliphatic rings. The van der Waals surface area contributed by atoms with Crippen molar-refractivity contribution in [3.05, 3.63) is 29.8 Å². The van der Waals surface area contributed by atoms with Crippen molar-refractivity contribution >= 4 is 17.0 Å². The molecule has 2 N–H and O–H groups in total. The van der Waals surface area contributed by atoms with Gasteiger partial charge in [0.2, 0.25) is 0 Å². The summed E-state index contributed by atoms with van der Waals surface area (Å²) < 4.78 is 12.8. The van der Waals surface area contributed by atoms with Gasteiger partial charge >= 0.3 is 5.97 Å². The Kier molecular flexibility index (Phi) is 2.15. The lowest BCUT2D eigenvalue weighted by Gasteiger charge is -2.00. The molecule has 78 valence electrons. The largest absolute Gasteiger partial charge is 0.481 e. The summed E-state index contributed by atoms with van der Waals surface area (Å²) in [5.41, 5.74) is 1.02. The Morgan fingerprint density at radius 2 is 2.33 bits per heavy atom. The Morgan fingerprint density at radius 1 is 1.60 bits per heavy atom. The maximum atomic E-state index is 12.8. The summed E-state index contributed by atoms with van der Waals surface area (Å²) in [4.78, 5) is 17.4. The van der Waals surface area contributed by atoms with Gasteiger partial charge in [-0.3, -0.25) is 4.79 Å². The fourth-order valence-corrected chi connectivity index (χ4v) is 1.38. The Morgan fingerprint density at radius 3 is 3.00 bits per heavy atom. The Balaban J connectivity index is 2.51. The first-order valence-corrected chi connectivity index (χ1v) is 4.45. The lowest BCUT2D eigenvalue weighted by Crippen LogP contribution is -2.07. The minimum Gasteiger partial charge on any atom is -0.481 e. The number of hydrogen-bond acceptors (Lipinski definition) is 2. The quantitative estimate of drug-likeness (QED) is 0.791. The zero-order valence-electron chi connectivity index (χ0n) is 7.99. The molecule has 0 aliphatic heterocycles. The highest BCUT2D eigenvalue weighted by Crippen LogP contribution is 2.20. The maximum Gasteiger partial charge on any atom is 0.312 e. The van der Waals surface area contributed by atoms with E-state index in [0.29, 0.717) is 16.7 Å². The smallest absolute Gasteiger partial charge is 0.312 e. The molecule has 5 heteroatoms. The summed E-state index contributed by atoms with van der Waals surface area (Å²) in [6, 6.07) is 2.92. The van der Waals surface area contributed by atoms with Gasteiger partial charge in [-0.05, 0) is 19.1 Å². The number of aromatic amines is 1. The van der Waals surface area contributed by atoms with Crippen LogP contribution in [0.5, 0.6) is 0 Å². The molecule has 0 amide bonds. The number of carboxylic acids is 1. The molecular weight excluding hydrogens is 199 g/mol. The molecule has 0 saturated carbocycles. The van der Waals surface area contributed by atoms with Crippen LogP contribution >= 0.6 is 0 Å². The van der Waals surface area contributed by atoms with E-state index in [0.717, 1.165) is 6.20 Å². The number of aliphatic carboxylic acids is 1. The lowest BCUT2D eigenvalue weighted by atomic mass is 10.1. The van der Waals surface area contributed by atoms with Gasteiger partial charge in [-0.25, -0.2) is 9.37 Å². The van der Waals surface area contributed by atoms with Gasteiger partial charge in [0.05, 0.1) is 12.1 Å². The molecule has 0 bridgehead atoms. The molecular formula is C10H9FN2O2. The predicted molar refractivity (Wildman–Crippen MR) is 52.1 cm³/mol. The number of nitrogens with zero attached hydrogens (tertiary/aromatic N) is 1. The van der Waals surface area contributed by atoms with E-state index in [4.69, 9.17) is 5.11 Å². The van der Waals surface area contributed by atoms with Gasteiger partial charge in [-0.1, -0.05) is 0 Å². The number of aromatic nitrogens is 2. The molecule has 1 atom stereocenters. The average Bonchev–Trinajstić information content (AvgIpc) is 2.58. The standard InChI is InChI=1S/C10H9FN2O2/c1-5(10(14)15)8-3-6-2-7(11)4-12-9(6)13-8/h2-5H,1H3,(H,12,13)(H,14,15). The van der Waals surface area contributed by atoms with Gasteiger partial charge in [-0.2, -0.15) is 0 Å². The fraction of sp³-hybridized carbons (Fsp3) is 0.200. The molecule has 0 aliphatic carbocycles. The van der Waals surface area contributed by atoms with Gasteiger partial charge < -0.3 is 10.1 Å². The molecule has 0 spiro atoms. The van der Waals surface area contributed by atoms with E-state index in [-0.39, 0.29) is 0 Å². The molecule has 0 aromatic carbocycles. The van der Waals surface area contributed by atoms with Crippen LogP contribution in [0, 0.1) is 5.82 Å². The summed E-state index contributed by atoms with van der Waals surface area (Å²) >= 11 is 0. The zero-order valence-corrected chi connectivity index (χ0v) is 7.99. The highest BCUT2D eigenvalue weighted by atomic mass is 19.1. The Hall–Kier alpha value is -1.91. The van der Waals surface area contributed by atoms with Crippen molar-refractivity contribution in [3.8, 4) is 0 Å². The van der Waals surface area contributed by atoms with Crippen molar-refractivity contribution in [1.29, 1.82) is 0 Å². The molecule has 0 fully saturated rings. The molecule has 2 aromatic rings. The van der Waals surface area contributed by atoms with E-state index in [1.54, 1.807) is 13.0 Å². The van der Waals surface area contributed by atoms with E-state index in [9.17, 15) is 9.18 Å². The van der Waals surface area contributed by atoms with Crippen LogP contribution in [0.3, 0.4) is 0 Å². The van der Waals surface area contributed by atoms with Gasteiger partial charge in [0.15, 0.2) is 0 Å². The summed E-state index contributed by atoms with van der Waals surface area (Å²) in [5.74, 6) is -2.01. The molecule has 2 heterocycles. The molecule has 1 unspecified atom stereocenters. The van der Waals surface area contributed by atoms with Crippen LogP contribution in [-0.4, -0.2) is 21.0 Å². The molecule has 4 nitrogen and oxygen atoms in total. The van der Waals surface area contributed by atoms with Crippen molar-refractivity contribution < 1.29 is 14.3 Å². The SMILES string of the molecule is CC(C(=O)O)c1cc2cc(F)cnc2[nH]1. The van der Waals surface area contributed by atoms with Crippen molar-refractivity contribution in [1.82, 2.24) is 9.97 Å². The van der Waals surface area contributed by atoms with E-state index in [1.165, 1.54) is 6.07 Å². The highest BCUT2D eigenvalue weighted by molar-refractivity contribution is 5.81. The van der Waals surface area contributed by atoms with Crippen LogP contribution in [-0.2, 0) is 4.79 Å². The molecule has 2 rings (SSSR count). The van der Waals surface area contributed by atoms with Gasteiger partial charge in [0, 0.05) is 11.1 Å². The van der Waals surface area contributed by atoms with Crippen molar-refractivity contribution in [3.63, 3.8) is 0 Å². The van der Waals surface area contributed by atoms with Crippen molar-refractivity contribution in [2.75, 3.05) is 0 Å². The second-order valence-electron chi connectivity index (χ2n) is 3.38. The summed E-state index contributed by atoms with van der Waals surface area (Å²) in [6.45, 7) is 1.56. The number of halogens is 1. The van der Waals surface area contributed by atoms with Crippen molar-refractivity contribution in [2.45, 2.75) is 12.8 Å². The third-order valence-corrected chi connectivity index (χ3v) is 2.29. The number of pyridine rings is 1. The van der Waals surface area contributed by atoms with Crippen molar-refractivity contribution in [2.24, 2.45) is 0 Å². The molecule has 15 heavy (non-hydrogen) atoms. The van der Waals surface area contributed by atoms with Gasteiger partial charge in [0.25, 0.3) is 0 Å². The summed E-state index contributed by atoms with van der Waals surface area (Å²) in [6.07, 6.45) is 1.09. The average molecular weight is 208 g/mol. The predicted octanol–water partition coefficient (Wildman–Crippen LogP) is 1.89. The van der Waals surface area contributed by atoms with Crippen LogP contribution in [0.2, 0.25) is 0 Å². The van der Waals surface area contributed by atoms with E-state index >= 15 is 0 Å². The van der Waals surface area contributed by atoms with E-state index < -0.39 is 17.7 Å². The van der Waals surface area contributed by atoms with E-state index in [1.807, 2.05) is 0 Å². The third-order valence-electron chi connectivity index (χ3n) is 2.29. The molecule has 2 aromatic heterocycles. The highest BCUT2D eigenvalue weighted by Gasteiger charge is 2.16. The van der Waals surface area contributed by atoms with Crippen LogP contribution in [0.4, 0.5) is 4.39 Å². The first-order valence-electron chi connectivity index (χ1n) is 4.45. The number of rotatable bonds is 2. The zero-order chi connectivity index (χ0) is 11.0.